The van der Waals surface area contributed by atoms with Crippen molar-refractivity contribution in [1.29, 1.82) is 0 Å². The minimum atomic E-state index is 0.438. The Kier molecular flexibility index (Phi) is 5.67. The lowest BCUT2D eigenvalue weighted by Crippen LogP contribution is -2.39. The van der Waals surface area contributed by atoms with Gasteiger partial charge in [-0.15, -0.1) is 0 Å². The molecule has 0 spiro atoms. The van der Waals surface area contributed by atoms with Gasteiger partial charge in [0.15, 0.2) is 0 Å². The molecule has 3 atom stereocenters. The number of hydrogen-bond donors (Lipinski definition) is 1. The maximum Gasteiger partial charge on any atom is 0.0707 e. The van der Waals surface area contributed by atoms with Crippen LogP contribution in [0.2, 0.25) is 0 Å². The molecule has 2 fully saturated rings. The Hall–Kier alpha value is -0.120. The molecule has 2 aliphatic heterocycles. The van der Waals surface area contributed by atoms with Gasteiger partial charge in [-0.1, -0.05) is 27.7 Å². The standard InChI is InChI=1S/C16H32N2O/c1-12(2)16-6-5-9-18(16)11-15-8-7-14(19-15)10-17-13(3)4/h12-17H,5-11H2,1-4H3. The fourth-order valence-electron chi connectivity index (χ4n) is 3.53. The van der Waals surface area contributed by atoms with Crippen LogP contribution >= 0.6 is 0 Å². The predicted octanol–water partition coefficient (Wildman–Crippen LogP) is 2.65. The van der Waals surface area contributed by atoms with Crippen LogP contribution in [0, 0.1) is 5.92 Å². The molecule has 112 valence electrons. The van der Waals surface area contributed by atoms with Gasteiger partial charge in [0.05, 0.1) is 12.2 Å². The number of nitrogens with one attached hydrogen (secondary N) is 1. The molecule has 2 saturated heterocycles. The van der Waals surface area contributed by atoms with Gasteiger partial charge in [-0.25, -0.2) is 0 Å². The summed E-state index contributed by atoms with van der Waals surface area (Å²) in [6, 6.07) is 1.35. The van der Waals surface area contributed by atoms with Crippen molar-refractivity contribution >= 4 is 0 Å². The summed E-state index contributed by atoms with van der Waals surface area (Å²) in [7, 11) is 0. The molecular weight excluding hydrogens is 236 g/mol. The fraction of sp³-hybridized carbons (Fsp3) is 1.00. The van der Waals surface area contributed by atoms with E-state index in [9.17, 15) is 0 Å². The Morgan fingerprint density at radius 2 is 1.84 bits per heavy atom. The SMILES string of the molecule is CC(C)NCC1CCC(CN2CCCC2C(C)C)O1. The Balaban J connectivity index is 1.72. The second kappa shape index (κ2) is 7.05. The molecule has 3 heteroatoms. The molecule has 0 aliphatic carbocycles. The number of nitrogens with zero attached hydrogens (tertiary/aromatic N) is 1. The molecule has 0 aromatic carbocycles. The molecule has 0 bridgehead atoms. The first-order valence-corrected chi connectivity index (χ1v) is 8.19. The van der Waals surface area contributed by atoms with Crippen LogP contribution in [0.3, 0.4) is 0 Å². The molecule has 2 aliphatic rings. The minimum Gasteiger partial charge on any atom is -0.372 e. The number of rotatable bonds is 6. The highest BCUT2D eigenvalue weighted by molar-refractivity contribution is 4.86. The molecule has 19 heavy (non-hydrogen) atoms. The number of likely N-dealkylation sites (tertiary alicyclic amines) is 1. The average Bonchev–Trinajstić information content (AvgIpc) is 2.96. The largest absolute Gasteiger partial charge is 0.372 e. The van der Waals surface area contributed by atoms with Crippen molar-refractivity contribution < 1.29 is 4.74 Å². The van der Waals surface area contributed by atoms with E-state index in [0.717, 1.165) is 25.0 Å². The van der Waals surface area contributed by atoms with Gasteiger partial charge in [0.25, 0.3) is 0 Å². The topological polar surface area (TPSA) is 24.5 Å². The highest BCUT2D eigenvalue weighted by Crippen LogP contribution is 2.27. The van der Waals surface area contributed by atoms with Crippen molar-refractivity contribution in [3.05, 3.63) is 0 Å². The smallest absolute Gasteiger partial charge is 0.0707 e. The van der Waals surface area contributed by atoms with Gasteiger partial charge in [0.1, 0.15) is 0 Å². The third-order valence-electron chi connectivity index (χ3n) is 4.57. The van der Waals surface area contributed by atoms with Crippen molar-refractivity contribution in [2.45, 2.75) is 77.7 Å². The Morgan fingerprint density at radius 3 is 2.53 bits per heavy atom. The third-order valence-corrected chi connectivity index (χ3v) is 4.57. The first-order chi connectivity index (χ1) is 9.06. The Labute approximate surface area is 119 Å². The lowest BCUT2D eigenvalue weighted by Gasteiger charge is -2.29. The van der Waals surface area contributed by atoms with Gasteiger partial charge in [-0.05, 0) is 38.1 Å². The molecule has 3 unspecified atom stereocenters. The predicted molar refractivity (Wildman–Crippen MR) is 80.5 cm³/mol. The molecular formula is C16H32N2O. The van der Waals surface area contributed by atoms with Gasteiger partial charge in [0.2, 0.25) is 0 Å². The van der Waals surface area contributed by atoms with Crippen molar-refractivity contribution in [3.8, 4) is 0 Å². The first kappa shape index (κ1) is 15.3. The van der Waals surface area contributed by atoms with Gasteiger partial charge in [-0.2, -0.15) is 0 Å². The molecule has 0 amide bonds. The summed E-state index contributed by atoms with van der Waals surface area (Å²) in [5.74, 6) is 0.780. The van der Waals surface area contributed by atoms with E-state index in [-0.39, 0.29) is 0 Å². The maximum absolute atomic E-state index is 6.20. The van der Waals surface area contributed by atoms with Crippen LogP contribution in [0.5, 0.6) is 0 Å². The summed E-state index contributed by atoms with van der Waals surface area (Å²) >= 11 is 0. The summed E-state index contributed by atoms with van der Waals surface area (Å²) in [4.78, 5) is 2.67. The molecule has 2 rings (SSSR count). The van der Waals surface area contributed by atoms with Crippen molar-refractivity contribution in [3.63, 3.8) is 0 Å². The van der Waals surface area contributed by atoms with E-state index >= 15 is 0 Å². The maximum atomic E-state index is 6.20. The van der Waals surface area contributed by atoms with E-state index in [1.807, 2.05) is 0 Å². The van der Waals surface area contributed by atoms with Crippen LogP contribution in [0.4, 0.5) is 0 Å². The van der Waals surface area contributed by atoms with E-state index in [2.05, 4.69) is 37.9 Å². The highest BCUT2D eigenvalue weighted by atomic mass is 16.5. The molecule has 0 aromatic rings. The van der Waals surface area contributed by atoms with E-state index in [4.69, 9.17) is 4.74 Å². The monoisotopic (exact) mass is 268 g/mol. The average molecular weight is 268 g/mol. The van der Waals surface area contributed by atoms with E-state index in [1.165, 1.54) is 32.2 Å². The van der Waals surface area contributed by atoms with Crippen molar-refractivity contribution in [2.24, 2.45) is 5.92 Å². The summed E-state index contributed by atoms with van der Waals surface area (Å²) in [6.45, 7) is 12.6. The van der Waals surface area contributed by atoms with Crippen LogP contribution in [-0.4, -0.2) is 48.8 Å². The Bertz CT molecular complexity index is 267. The van der Waals surface area contributed by atoms with Crippen LogP contribution in [0.25, 0.3) is 0 Å². The molecule has 0 saturated carbocycles. The zero-order chi connectivity index (χ0) is 13.8. The quantitative estimate of drug-likeness (QED) is 0.801. The molecule has 1 N–H and O–H groups in total. The van der Waals surface area contributed by atoms with E-state index < -0.39 is 0 Å². The van der Waals surface area contributed by atoms with E-state index in [1.54, 1.807) is 0 Å². The summed E-state index contributed by atoms with van der Waals surface area (Å²) in [5, 5.41) is 3.49. The van der Waals surface area contributed by atoms with Gasteiger partial charge < -0.3 is 10.1 Å². The van der Waals surface area contributed by atoms with Crippen molar-refractivity contribution in [2.75, 3.05) is 19.6 Å². The normalized spacial score (nSPS) is 32.8. The zero-order valence-corrected chi connectivity index (χ0v) is 13.2. The molecule has 0 aromatic heterocycles. The number of ether oxygens (including phenoxy) is 1. The first-order valence-electron chi connectivity index (χ1n) is 8.19. The highest BCUT2D eigenvalue weighted by Gasteiger charge is 2.32. The second-order valence-electron chi connectivity index (χ2n) is 6.97. The minimum absolute atomic E-state index is 0.438. The molecule has 2 heterocycles. The van der Waals surface area contributed by atoms with Crippen LogP contribution in [0.1, 0.15) is 53.4 Å². The fourth-order valence-corrected chi connectivity index (χ4v) is 3.53. The van der Waals surface area contributed by atoms with Crippen LogP contribution in [-0.2, 0) is 4.74 Å². The van der Waals surface area contributed by atoms with Gasteiger partial charge in [-0.3, -0.25) is 4.90 Å². The van der Waals surface area contributed by atoms with E-state index in [0.29, 0.717) is 18.2 Å². The summed E-state index contributed by atoms with van der Waals surface area (Å²) < 4.78 is 6.20. The molecule has 0 radical (unpaired) electrons. The van der Waals surface area contributed by atoms with Crippen molar-refractivity contribution in [1.82, 2.24) is 10.2 Å². The van der Waals surface area contributed by atoms with Crippen LogP contribution < -0.4 is 5.32 Å². The van der Waals surface area contributed by atoms with Crippen LogP contribution in [0.15, 0.2) is 0 Å². The number of hydrogen-bond acceptors (Lipinski definition) is 3. The lowest BCUT2D eigenvalue weighted by molar-refractivity contribution is 0.0167. The Morgan fingerprint density at radius 1 is 1.11 bits per heavy atom. The van der Waals surface area contributed by atoms with Gasteiger partial charge >= 0.3 is 0 Å². The molecule has 3 nitrogen and oxygen atoms in total. The third kappa shape index (κ3) is 4.44. The lowest BCUT2D eigenvalue weighted by atomic mass is 10.0. The second-order valence-corrected chi connectivity index (χ2v) is 6.97. The summed E-state index contributed by atoms with van der Waals surface area (Å²) in [6.07, 6.45) is 6.12. The summed E-state index contributed by atoms with van der Waals surface area (Å²) in [5.41, 5.74) is 0. The van der Waals surface area contributed by atoms with Gasteiger partial charge in [0, 0.05) is 25.2 Å². The zero-order valence-electron chi connectivity index (χ0n) is 13.2.